The number of nitrogens with one attached hydrogen (secondary N) is 1. The van der Waals surface area contributed by atoms with Gasteiger partial charge >= 0.3 is 11.7 Å². The van der Waals surface area contributed by atoms with Gasteiger partial charge in [-0.3, -0.25) is 14.6 Å². The van der Waals surface area contributed by atoms with E-state index in [1.54, 1.807) is 0 Å². The van der Waals surface area contributed by atoms with Gasteiger partial charge in [0.05, 0.1) is 12.3 Å². The number of carbonyl (C=O) groups is 1. The minimum absolute atomic E-state index is 0.256. The van der Waals surface area contributed by atoms with E-state index >= 15 is 0 Å². The van der Waals surface area contributed by atoms with Crippen LogP contribution in [0.5, 0.6) is 0 Å². The molecular formula is C23H23N3O4. The van der Waals surface area contributed by atoms with Gasteiger partial charge in [0.15, 0.2) is 0 Å². The van der Waals surface area contributed by atoms with Crippen molar-refractivity contribution in [3.05, 3.63) is 91.3 Å². The van der Waals surface area contributed by atoms with Crippen LogP contribution >= 0.6 is 0 Å². The maximum atomic E-state index is 13.4. The van der Waals surface area contributed by atoms with Gasteiger partial charge in [0.2, 0.25) is 0 Å². The molecular weight excluding hydrogens is 382 g/mol. The number of aromatic amines is 1. The van der Waals surface area contributed by atoms with E-state index in [1.165, 1.54) is 0 Å². The lowest BCUT2D eigenvalue weighted by Crippen LogP contribution is -2.38. The third kappa shape index (κ3) is 2.98. The monoisotopic (exact) mass is 405 g/mol. The molecule has 1 N–H and O–H groups in total. The highest BCUT2D eigenvalue weighted by Gasteiger charge is 2.49. The van der Waals surface area contributed by atoms with Crippen molar-refractivity contribution in [3.8, 4) is 5.69 Å². The summed E-state index contributed by atoms with van der Waals surface area (Å²) in [5, 5.41) is 3.94. The van der Waals surface area contributed by atoms with Crippen molar-refractivity contribution in [2.45, 2.75) is 39.0 Å². The summed E-state index contributed by atoms with van der Waals surface area (Å²) >= 11 is 0. The van der Waals surface area contributed by atoms with Crippen molar-refractivity contribution >= 4 is 5.97 Å². The molecule has 1 aliphatic rings. The lowest BCUT2D eigenvalue weighted by atomic mass is 9.72. The Hall–Kier alpha value is -3.48. The van der Waals surface area contributed by atoms with Crippen molar-refractivity contribution < 1.29 is 9.53 Å². The summed E-state index contributed by atoms with van der Waals surface area (Å²) < 4.78 is 6.70. The minimum Gasteiger partial charge on any atom is -0.465 e. The summed E-state index contributed by atoms with van der Waals surface area (Å²) in [6.45, 7) is 5.95. The molecule has 154 valence electrons. The molecule has 0 bridgehead atoms. The Morgan fingerprint density at radius 1 is 1.20 bits per heavy atom. The van der Waals surface area contributed by atoms with E-state index in [-0.39, 0.29) is 5.97 Å². The fraction of sp³-hybridized carbons (Fsp3) is 0.304. The second kappa shape index (κ2) is 7.40. The van der Waals surface area contributed by atoms with Crippen LogP contribution in [-0.4, -0.2) is 27.3 Å². The van der Waals surface area contributed by atoms with Crippen molar-refractivity contribution in [2.24, 2.45) is 0 Å². The molecule has 30 heavy (non-hydrogen) atoms. The van der Waals surface area contributed by atoms with E-state index in [9.17, 15) is 14.4 Å². The molecule has 7 nitrogen and oxygen atoms in total. The fourth-order valence-electron chi connectivity index (χ4n) is 4.71. The zero-order valence-electron chi connectivity index (χ0n) is 17.2. The van der Waals surface area contributed by atoms with E-state index < -0.39 is 16.7 Å². The van der Waals surface area contributed by atoms with E-state index in [2.05, 4.69) is 16.1 Å². The van der Waals surface area contributed by atoms with E-state index in [4.69, 9.17) is 4.74 Å². The first-order chi connectivity index (χ1) is 14.4. The quantitative estimate of drug-likeness (QED) is 0.673. The predicted molar refractivity (Wildman–Crippen MR) is 112 cm³/mol. The molecule has 1 aliphatic carbocycles. The van der Waals surface area contributed by atoms with E-state index in [0.29, 0.717) is 18.7 Å². The number of ether oxygens (including phenoxy) is 1. The highest BCUT2D eigenvalue weighted by molar-refractivity contribution is 5.90. The Kier molecular flexibility index (Phi) is 4.89. The van der Waals surface area contributed by atoms with Crippen molar-refractivity contribution in [1.82, 2.24) is 14.8 Å². The molecule has 1 aromatic heterocycles. The van der Waals surface area contributed by atoms with Gasteiger partial charge in [-0.1, -0.05) is 24.3 Å². The number of nitrogens with zero attached hydrogens (tertiary/aromatic N) is 2. The average molecular weight is 405 g/mol. The molecule has 0 spiro atoms. The first-order valence-corrected chi connectivity index (χ1v) is 9.95. The van der Waals surface area contributed by atoms with Crippen molar-refractivity contribution in [2.75, 3.05) is 6.61 Å². The third-order valence-electron chi connectivity index (χ3n) is 5.77. The van der Waals surface area contributed by atoms with E-state index in [0.717, 1.165) is 45.1 Å². The topological polar surface area (TPSA) is 94.1 Å². The number of H-pyrrole nitrogens is 1. The summed E-state index contributed by atoms with van der Waals surface area (Å²) in [6.07, 6.45) is 2.48. The number of hydrogen-bond acceptors (Lipinski definition) is 5. The van der Waals surface area contributed by atoms with Crippen LogP contribution < -0.4 is 11.2 Å². The normalized spacial score (nSPS) is 17.6. The third-order valence-corrected chi connectivity index (χ3v) is 5.77. The van der Waals surface area contributed by atoms with Crippen LogP contribution in [-0.2, 0) is 21.4 Å². The van der Waals surface area contributed by atoms with Gasteiger partial charge in [0.1, 0.15) is 11.6 Å². The first kappa shape index (κ1) is 19.8. The van der Waals surface area contributed by atoms with Gasteiger partial charge < -0.3 is 4.74 Å². The molecule has 3 aromatic rings. The molecule has 7 heteroatoms. The molecule has 0 amide bonds. The SMILES string of the molecule is CCOC(=O)C1(c2c(C)cc(-n3ncc(=O)[nH]c3=O)cc2C)CCc2ccccc21. The van der Waals surface area contributed by atoms with Gasteiger partial charge in [-0.05, 0) is 73.6 Å². The standard InChI is InChI=1S/C23H23N3O4/c1-4-30-21(28)23(10-9-16-7-5-6-8-18(16)23)20-14(2)11-17(12-15(20)3)26-22(29)25-19(27)13-24-26/h5-8,11-13H,4,9-10H2,1-3H3,(H,25,27,29). The second-order valence-electron chi connectivity index (χ2n) is 7.59. The van der Waals surface area contributed by atoms with Crippen LogP contribution in [0.3, 0.4) is 0 Å². The zero-order chi connectivity index (χ0) is 21.5. The van der Waals surface area contributed by atoms with Crippen LogP contribution in [0, 0.1) is 13.8 Å². The molecule has 1 unspecified atom stereocenters. The Balaban J connectivity index is 1.95. The molecule has 2 aromatic carbocycles. The molecule has 0 aliphatic heterocycles. The minimum atomic E-state index is -0.886. The van der Waals surface area contributed by atoms with Crippen LogP contribution in [0.4, 0.5) is 0 Å². The number of aryl methyl sites for hydroxylation is 3. The number of fused-ring (bicyclic) bond motifs is 1. The largest absolute Gasteiger partial charge is 0.465 e. The van der Waals surface area contributed by atoms with Gasteiger partial charge in [-0.15, -0.1) is 0 Å². The second-order valence-corrected chi connectivity index (χ2v) is 7.59. The molecule has 0 saturated heterocycles. The van der Waals surface area contributed by atoms with Gasteiger partial charge in [0.25, 0.3) is 5.56 Å². The number of aromatic nitrogens is 3. The highest BCUT2D eigenvalue weighted by atomic mass is 16.5. The maximum absolute atomic E-state index is 13.4. The molecule has 0 fully saturated rings. The van der Waals surface area contributed by atoms with Crippen molar-refractivity contribution in [1.29, 1.82) is 0 Å². The summed E-state index contributed by atoms with van der Waals surface area (Å²) in [5.74, 6) is -0.256. The number of carbonyl (C=O) groups excluding carboxylic acids is 1. The van der Waals surface area contributed by atoms with Gasteiger partial charge in [0, 0.05) is 0 Å². The predicted octanol–water partition coefficient (Wildman–Crippen LogP) is 2.33. The summed E-state index contributed by atoms with van der Waals surface area (Å²) in [7, 11) is 0. The highest BCUT2D eigenvalue weighted by Crippen LogP contribution is 2.47. The first-order valence-electron chi connectivity index (χ1n) is 9.95. The maximum Gasteiger partial charge on any atom is 0.349 e. The van der Waals surface area contributed by atoms with Crippen LogP contribution in [0.15, 0.2) is 52.2 Å². The molecule has 1 atom stereocenters. The Morgan fingerprint density at radius 2 is 1.90 bits per heavy atom. The summed E-state index contributed by atoms with van der Waals surface area (Å²) in [5.41, 5.74) is 3.21. The number of benzene rings is 2. The number of hydrogen-bond donors (Lipinski definition) is 1. The molecule has 0 saturated carbocycles. The fourth-order valence-corrected chi connectivity index (χ4v) is 4.71. The zero-order valence-corrected chi connectivity index (χ0v) is 17.2. The molecule has 1 heterocycles. The summed E-state index contributed by atoms with van der Waals surface area (Å²) in [6, 6.07) is 11.6. The lowest BCUT2D eigenvalue weighted by Gasteiger charge is -2.32. The van der Waals surface area contributed by atoms with Crippen LogP contribution in [0.25, 0.3) is 5.69 Å². The number of esters is 1. The Labute approximate surface area is 173 Å². The van der Waals surface area contributed by atoms with Crippen molar-refractivity contribution in [3.63, 3.8) is 0 Å². The van der Waals surface area contributed by atoms with Crippen LogP contribution in [0.1, 0.15) is 41.2 Å². The van der Waals surface area contributed by atoms with Gasteiger partial charge in [-0.2, -0.15) is 9.78 Å². The average Bonchev–Trinajstić information content (AvgIpc) is 3.08. The van der Waals surface area contributed by atoms with Gasteiger partial charge in [-0.25, -0.2) is 4.79 Å². The van der Waals surface area contributed by atoms with E-state index in [1.807, 2.05) is 51.1 Å². The molecule has 4 rings (SSSR count). The summed E-state index contributed by atoms with van der Waals surface area (Å²) in [4.78, 5) is 39.1. The lowest BCUT2D eigenvalue weighted by molar-refractivity contribution is -0.148. The molecule has 0 radical (unpaired) electrons. The number of rotatable bonds is 4. The van der Waals surface area contributed by atoms with Crippen LogP contribution in [0.2, 0.25) is 0 Å². The Bertz CT molecular complexity index is 1230. The smallest absolute Gasteiger partial charge is 0.349 e. The Morgan fingerprint density at radius 3 is 2.57 bits per heavy atom.